The van der Waals surface area contributed by atoms with Gasteiger partial charge in [-0.2, -0.15) is 0 Å². The number of nitrogens with one attached hydrogen (secondary N) is 1. The minimum Gasteiger partial charge on any atom is -0.452 e. The molecule has 1 aliphatic heterocycles. The maximum Gasteiger partial charge on any atom is 0.203 e. The van der Waals surface area contributed by atoms with Crippen molar-refractivity contribution < 1.29 is 4.42 Å². The summed E-state index contributed by atoms with van der Waals surface area (Å²) >= 11 is 0. The summed E-state index contributed by atoms with van der Waals surface area (Å²) in [6, 6.07) is 16.6. The van der Waals surface area contributed by atoms with Crippen molar-refractivity contribution in [3.8, 4) is 11.5 Å². The lowest BCUT2D eigenvalue weighted by Gasteiger charge is -2.11. The zero-order chi connectivity index (χ0) is 17.4. The van der Waals surface area contributed by atoms with Gasteiger partial charge < -0.3 is 9.73 Å². The lowest BCUT2D eigenvalue weighted by atomic mass is 10.1. The highest BCUT2D eigenvalue weighted by Crippen LogP contribution is 2.33. The van der Waals surface area contributed by atoms with Gasteiger partial charge in [0.15, 0.2) is 11.3 Å². The highest BCUT2D eigenvalue weighted by Gasteiger charge is 2.14. The standard InChI is InChI=1S/C21H21N3O/c1-4-24(5-2)14-10-11-17-19(12-14)25-20-13-18(22-3)15-8-6-7-9-16(15)21(20)23-17/h6-13H,4-5H2,1-3H3/p+1. The Hall–Kier alpha value is -2.88. The van der Waals surface area contributed by atoms with Crippen LogP contribution in [-0.2, 0) is 0 Å². The molecule has 4 heteroatoms. The number of rotatable bonds is 3. The monoisotopic (exact) mass is 332 g/mol. The van der Waals surface area contributed by atoms with E-state index in [0.29, 0.717) is 0 Å². The second kappa shape index (κ2) is 6.20. The number of anilines is 1. The van der Waals surface area contributed by atoms with Crippen molar-refractivity contribution in [2.24, 2.45) is 0 Å². The lowest BCUT2D eigenvalue weighted by molar-refractivity contribution is 0.600. The molecule has 0 atom stereocenters. The van der Waals surface area contributed by atoms with E-state index in [1.54, 1.807) is 0 Å². The molecule has 0 saturated carbocycles. The quantitative estimate of drug-likeness (QED) is 0.351. The van der Waals surface area contributed by atoms with E-state index < -0.39 is 0 Å². The average molecular weight is 332 g/mol. The van der Waals surface area contributed by atoms with Crippen LogP contribution < -0.4 is 15.2 Å². The lowest BCUT2D eigenvalue weighted by Crippen LogP contribution is -2.29. The van der Waals surface area contributed by atoms with E-state index in [1.165, 1.54) is 0 Å². The summed E-state index contributed by atoms with van der Waals surface area (Å²) < 4.78 is 8.55. The van der Waals surface area contributed by atoms with Crippen LogP contribution in [0.2, 0.25) is 0 Å². The molecule has 126 valence electrons. The van der Waals surface area contributed by atoms with Crippen molar-refractivity contribution in [1.29, 1.82) is 0 Å². The van der Waals surface area contributed by atoms with Gasteiger partial charge in [-0.15, -0.1) is 0 Å². The maximum absolute atomic E-state index is 6.25. The molecule has 0 saturated heterocycles. The smallest absolute Gasteiger partial charge is 0.203 e. The predicted octanol–water partition coefficient (Wildman–Crippen LogP) is 3.94. The molecule has 25 heavy (non-hydrogen) atoms. The zero-order valence-electron chi connectivity index (χ0n) is 14.8. The summed E-state index contributed by atoms with van der Waals surface area (Å²) in [6.07, 6.45) is 0. The summed E-state index contributed by atoms with van der Waals surface area (Å²) in [5.74, 6) is 0.814. The Labute approximate surface area is 146 Å². The van der Waals surface area contributed by atoms with Crippen LogP contribution in [-0.4, -0.2) is 25.1 Å². The molecule has 0 amide bonds. The van der Waals surface area contributed by atoms with E-state index in [1.807, 2.05) is 31.3 Å². The first-order valence-corrected chi connectivity index (χ1v) is 8.77. The molecule has 0 fully saturated rings. The second-order valence-corrected chi connectivity index (χ2v) is 6.10. The first kappa shape index (κ1) is 15.6. The van der Waals surface area contributed by atoms with Crippen molar-refractivity contribution in [2.75, 3.05) is 25.5 Å². The fourth-order valence-electron chi connectivity index (χ4n) is 3.44. The molecule has 4 nitrogen and oxygen atoms in total. The predicted molar refractivity (Wildman–Crippen MR) is 104 cm³/mol. The third kappa shape index (κ3) is 2.54. The zero-order valence-corrected chi connectivity index (χ0v) is 14.8. The van der Waals surface area contributed by atoms with Crippen LogP contribution in [0.4, 0.5) is 5.69 Å². The third-order valence-corrected chi connectivity index (χ3v) is 4.77. The summed E-state index contributed by atoms with van der Waals surface area (Å²) in [6.45, 7) is 6.26. The molecule has 1 heterocycles. The van der Waals surface area contributed by atoms with E-state index in [-0.39, 0.29) is 0 Å². The molecule has 2 aromatic carbocycles. The Morgan fingerprint density at radius 2 is 1.76 bits per heavy atom. The van der Waals surface area contributed by atoms with Crippen LogP contribution in [0.15, 0.2) is 52.9 Å². The van der Waals surface area contributed by atoms with E-state index in [9.17, 15) is 0 Å². The molecule has 1 aliphatic carbocycles. The van der Waals surface area contributed by atoms with Crippen molar-refractivity contribution in [3.05, 3.63) is 53.9 Å². The molecule has 1 N–H and O–H groups in total. The molecular formula is C21H22N3O+. The molecule has 2 aliphatic rings. The van der Waals surface area contributed by atoms with Gasteiger partial charge in [-0.05, 0) is 19.9 Å². The number of fused-ring (bicyclic) bond motifs is 4. The number of nitrogens with zero attached hydrogens (tertiary/aromatic N) is 2. The molecular weight excluding hydrogens is 310 g/mol. The van der Waals surface area contributed by atoms with Gasteiger partial charge in [0.2, 0.25) is 5.36 Å². The van der Waals surface area contributed by atoms with Gasteiger partial charge in [-0.1, -0.05) is 24.3 Å². The number of aromatic nitrogens is 1. The van der Waals surface area contributed by atoms with Gasteiger partial charge in [0.05, 0.1) is 6.07 Å². The normalized spacial score (nSPS) is 11.3. The van der Waals surface area contributed by atoms with Crippen molar-refractivity contribution in [1.82, 2.24) is 9.56 Å². The fourth-order valence-corrected chi connectivity index (χ4v) is 3.44. The largest absolute Gasteiger partial charge is 0.452 e. The molecule has 0 spiro atoms. The van der Waals surface area contributed by atoms with Crippen LogP contribution in [0.1, 0.15) is 13.8 Å². The number of hydrogen-bond donors (Lipinski definition) is 1. The Balaban J connectivity index is 2.10. The van der Waals surface area contributed by atoms with Crippen LogP contribution in [0.5, 0.6) is 0 Å². The van der Waals surface area contributed by atoms with Gasteiger partial charge in [-0.25, -0.2) is 9.56 Å². The highest BCUT2D eigenvalue weighted by atomic mass is 16.3. The first-order valence-electron chi connectivity index (χ1n) is 8.77. The molecule has 0 radical (unpaired) electrons. The number of benzene rings is 3. The van der Waals surface area contributed by atoms with Gasteiger partial charge in [0, 0.05) is 35.6 Å². The Morgan fingerprint density at radius 3 is 2.48 bits per heavy atom. The molecule has 0 unspecified atom stereocenters. The van der Waals surface area contributed by atoms with E-state index >= 15 is 0 Å². The van der Waals surface area contributed by atoms with E-state index in [4.69, 9.17) is 9.40 Å². The van der Waals surface area contributed by atoms with Crippen LogP contribution in [0, 0.1) is 0 Å². The summed E-state index contributed by atoms with van der Waals surface area (Å²) in [7, 11) is 1.93. The molecule has 2 aromatic rings. The minimum atomic E-state index is 0.798. The van der Waals surface area contributed by atoms with Gasteiger partial charge >= 0.3 is 0 Å². The minimum absolute atomic E-state index is 0.798. The maximum atomic E-state index is 6.25. The SMILES string of the molecule is CC[N+](CC)=c1ccc2nc3c(cc(NC)c4ccccc43)oc-2c1. The van der Waals surface area contributed by atoms with Crippen LogP contribution >= 0.6 is 0 Å². The summed E-state index contributed by atoms with van der Waals surface area (Å²) in [4.78, 5) is 4.89. The second-order valence-electron chi connectivity index (χ2n) is 6.10. The molecule has 4 rings (SSSR count). The third-order valence-electron chi connectivity index (χ3n) is 4.77. The van der Waals surface area contributed by atoms with Gasteiger partial charge in [-0.3, -0.25) is 0 Å². The summed E-state index contributed by atoms with van der Waals surface area (Å²) in [5.41, 5.74) is 3.63. The van der Waals surface area contributed by atoms with E-state index in [0.717, 1.165) is 57.5 Å². The topological polar surface area (TPSA) is 41.1 Å². The highest BCUT2D eigenvalue weighted by molar-refractivity contribution is 6.10. The van der Waals surface area contributed by atoms with Crippen molar-refractivity contribution >= 4 is 27.6 Å². The summed E-state index contributed by atoms with van der Waals surface area (Å²) in [5, 5.41) is 6.68. The van der Waals surface area contributed by atoms with Crippen LogP contribution in [0.25, 0.3) is 33.3 Å². The first-order chi connectivity index (χ1) is 12.2. The molecule has 0 aromatic heterocycles. The van der Waals surface area contributed by atoms with Crippen molar-refractivity contribution in [3.63, 3.8) is 0 Å². The molecule has 0 bridgehead atoms. The van der Waals surface area contributed by atoms with Crippen LogP contribution in [0.3, 0.4) is 0 Å². The average Bonchev–Trinajstić information content (AvgIpc) is 2.66. The fraction of sp³-hybridized carbons (Fsp3) is 0.238. The Bertz CT molecular complexity index is 1110. The number of hydrogen-bond acceptors (Lipinski definition) is 3. The van der Waals surface area contributed by atoms with Crippen molar-refractivity contribution in [2.45, 2.75) is 13.8 Å². The Morgan fingerprint density at radius 1 is 1.00 bits per heavy atom. The van der Waals surface area contributed by atoms with Gasteiger partial charge in [0.25, 0.3) is 0 Å². The van der Waals surface area contributed by atoms with E-state index in [2.05, 4.69) is 48.0 Å². The van der Waals surface area contributed by atoms with Gasteiger partial charge in [0.1, 0.15) is 24.3 Å². The Kier molecular flexibility index (Phi) is 3.88.